The van der Waals surface area contributed by atoms with Crippen molar-refractivity contribution in [3.63, 3.8) is 0 Å². The number of carbonyl (C=O) groups is 1. The van der Waals surface area contributed by atoms with Crippen molar-refractivity contribution in [2.45, 2.75) is 19.3 Å². The van der Waals surface area contributed by atoms with E-state index in [2.05, 4.69) is 5.16 Å². The second-order valence-electron chi connectivity index (χ2n) is 5.62. The summed E-state index contributed by atoms with van der Waals surface area (Å²) >= 11 is 0. The van der Waals surface area contributed by atoms with Crippen LogP contribution in [0, 0.1) is 10.1 Å². The van der Waals surface area contributed by atoms with E-state index in [9.17, 15) is 14.9 Å². The number of ether oxygens (including phenoxy) is 1. The first-order valence-corrected chi connectivity index (χ1v) is 7.74. The van der Waals surface area contributed by atoms with Gasteiger partial charge in [-0.3, -0.25) is 10.1 Å². The van der Waals surface area contributed by atoms with Crippen molar-refractivity contribution >= 4 is 17.4 Å². The van der Waals surface area contributed by atoms with Crippen LogP contribution in [-0.2, 0) is 22.5 Å². The highest BCUT2D eigenvalue weighted by molar-refractivity contribution is 6.04. The number of non-ortho nitro benzene ring substituents is 1. The number of benzene rings is 2. The van der Waals surface area contributed by atoms with Crippen LogP contribution >= 0.6 is 0 Å². The van der Waals surface area contributed by atoms with Crippen molar-refractivity contribution in [1.82, 2.24) is 0 Å². The Hall–Kier alpha value is -3.22. The first-order valence-electron chi connectivity index (χ1n) is 7.74. The zero-order chi connectivity index (χ0) is 17.8. The average Bonchev–Trinajstić information content (AvgIpc) is 3.02. The van der Waals surface area contributed by atoms with E-state index in [4.69, 9.17) is 9.57 Å². The Morgan fingerprint density at radius 2 is 1.96 bits per heavy atom. The third-order valence-corrected chi connectivity index (χ3v) is 4.01. The molecule has 1 aliphatic rings. The minimum absolute atomic E-state index is 0.00421. The molecular weight excluding hydrogens is 324 g/mol. The van der Waals surface area contributed by atoms with Gasteiger partial charge in [-0.1, -0.05) is 17.3 Å². The standard InChI is InChI=1S/C18H16N2O5/c1-24-15-7-8-16-13(11-15)4-9-17(16)19-25-18(21)10-12-2-5-14(6-3-12)20(22)23/h2-3,5-8,11H,4,9-10H2,1H3. The number of nitro benzene ring substituents is 1. The maximum atomic E-state index is 11.9. The molecule has 0 radical (unpaired) electrons. The van der Waals surface area contributed by atoms with Crippen molar-refractivity contribution in [2.24, 2.45) is 5.16 Å². The minimum atomic E-state index is -0.511. The lowest BCUT2D eigenvalue weighted by atomic mass is 10.1. The Balaban J connectivity index is 1.63. The monoisotopic (exact) mass is 340 g/mol. The zero-order valence-electron chi connectivity index (χ0n) is 13.6. The molecule has 0 fully saturated rings. The molecule has 128 valence electrons. The van der Waals surface area contributed by atoms with Gasteiger partial charge in [-0.25, -0.2) is 4.79 Å². The Morgan fingerprint density at radius 3 is 2.64 bits per heavy atom. The van der Waals surface area contributed by atoms with Crippen molar-refractivity contribution in [3.8, 4) is 5.75 Å². The first-order chi connectivity index (χ1) is 12.1. The number of hydrogen-bond donors (Lipinski definition) is 0. The molecule has 0 saturated carbocycles. The van der Waals surface area contributed by atoms with Crippen LogP contribution in [0.25, 0.3) is 0 Å². The van der Waals surface area contributed by atoms with Crippen LogP contribution in [0.4, 0.5) is 5.69 Å². The van der Waals surface area contributed by atoms with Gasteiger partial charge < -0.3 is 9.57 Å². The lowest BCUT2D eigenvalue weighted by Gasteiger charge is -2.04. The summed E-state index contributed by atoms with van der Waals surface area (Å²) in [5.74, 6) is 0.276. The third kappa shape index (κ3) is 3.82. The molecule has 3 rings (SSSR count). The molecule has 0 atom stereocenters. The highest BCUT2D eigenvalue weighted by atomic mass is 16.7. The number of methoxy groups -OCH3 is 1. The van der Waals surface area contributed by atoms with E-state index >= 15 is 0 Å². The zero-order valence-corrected chi connectivity index (χ0v) is 13.6. The number of aryl methyl sites for hydroxylation is 1. The number of oxime groups is 1. The van der Waals surface area contributed by atoms with Gasteiger partial charge >= 0.3 is 5.97 Å². The fourth-order valence-corrected chi connectivity index (χ4v) is 2.71. The number of rotatable bonds is 5. The largest absolute Gasteiger partial charge is 0.497 e. The van der Waals surface area contributed by atoms with Crippen molar-refractivity contribution in [1.29, 1.82) is 0 Å². The van der Waals surface area contributed by atoms with Crippen LogP contribution in [0.3, 0.4) is 0 Å². The summed E-state index contributed by atoms with van der Waals surface area (Å²) in [4.78, 5) is 27.0. The van der Waals surface area contributed by atoms with Crippen LogP contribution < -0.4 is 4.74 Å². The van der Waals surface area contributed by atoms with E-state index in [0.29, 0.717) is 12.0 Å². The number of hydrogen-bond acceptors (Lipinski definition) is 6. The first kappa shape index (κ1) is 16.6. The van der Waals surface area contributed by atoms with Crippen LogP contribution in [0.2, 0.25) is 0 Å². The quantitative estimate of drug-likeness (QED) is 0.474. The van der Waals surface area contributed by atoms with E-state index in [-0.39, 0.29) is 12.1 Å². The molecule has 2 aromatic rings. The molecule has 0 heterocycles. The second-order valence-corrected chi connectivity index (χ2v) is 5.62. The third-order valence-electron chi connectivity index (χ3n) is 4.01. The second kappa shape index (κ2) is 7.12. The van der Waals surface area contributed by atoms with Crippen molar-refractivity contribution in [2.75, 3.05) is 7.11 Å². The van der Waals surface area contributed by atoms with Crippen molar-refractivity contribution < 1.29 is 19.3 Å². The number of carbonyl (C=O) groups excluding carboxylic acids is 1. The molecule has 25 heavy (non-hydrogen) atoms. The van der Waals surface area contributed by atoms with Crippen LogP contribution in [-0.4, -0.2) is 23.7 Å². The van der Waals surface area contributed by atoms with E-state index in [1.807, 2.05) is 18.2 Å². The Labute approximate surface area is 144 Å². The van der Waals surface area contributed by atoms with Gasteiger partial charge in [-0.15, -0.1) is 0 Å². The smallest absolute Gasteiger partial charge is 0.339 e. The molecule has 0 aliphatic heterocycles. The molecule has 2 aromatic carbocycles. The lowest BCUT2D eigenvalue weighted by molar-refractivity contribution is -0.384. The molecule has 0 N–H and O–H groups in total. The van der Waals surface area contributed by atoms with Gasteiger partial charge in [-0.2, -0.15) is 0 Å². The summed E-state index contributed by atoms with van der Waals surface area (Å²) in [7, 11) is 1.62. The van der Waals surface area contributed by atoms with E-state index in [0.717, 1.165) is 29.0 Å². The molecule has 1 aliphatic carbocycles. The number of nitro groups is 1. The van der Waals surface area contributed by atoms with E-state index < -0.39 is 10.9 Å². The molecule has 0 unspecified atom stereocenters. The maximum absolute atomic E-state index is 11.9. The normalized spacial score (nSPS) is 14.2. The summed E-state index contributed by atoms with van der Waals surface area (Å²) < 4.78 is 5.20. The van der Waals surface area contributed by atoms with Gasteiger partial charge in [0.15, 0.2) is 0 Å². The number of fused-ring (bicyclic) bond motifs is 1. The van der Waals surface area contributed by atoms with Crippen LogP contribution in [0.1, 0.15) is 23.1 Å². The van der Waals surface area contributed by atoms with Gasteiger partial charge in [0.1, 0.15) is 5.75 Å². The SMILES string of the molecule is COc1ccc2c(c1)CCC2=NOC(=O)Cc1ccc([N+](=O)[O-])cc1. The fourth-order valence-electron chi connectivity index (χ4n) is 2.71. The van der Waals surface area contributed by atoms with Gasteiger partial charge in [0, 0.05) is 17.7 Å². The molecule has 0 aromatic heterocycles. The molecule has 0 bridgehead atoms. The van der Waals surface area contributed by atoms with Gasteiger partial charge in [0.2, 0.25) is 0 Å². The molecule has 0 saturated heterocycles. The molecule has 0 spiro atoms. The summed E-state index contributed by atoms with van der Waals surface area (Å²) in [5, 5.41) is 14.6. The van der Waals surface area contributed by atoms with Crippen LogP contribution in [0.5, 0.6) is 5.75 Å². The Morgan fingerprint density at radius 1 is 1.20 bits per heavy atom. The van der Waals surface area contributed by atoms with Gasteiger partial charge in [-0.05, 0) is 42.2 Å². The van der Waals surface area contributed by atoms with Gasteiger partial charge in [0.05, 0.1) is 24.2 Å². The highest BCUT2D eigenvalue weighted by Crippen LogP contribution is 2.26. The van der Waals surface area contributed by atoms with E-state index in [1.165, 1.54) is 24.3 Å². The number of nitrogens with zero attached hydrogens (tertiary/aromatic N) is 2. The summed E-state index contributed by atoms with van der Waals surface area (Å²) in [6.45, 7) is 0. The minimum Gasteiger partial charge on any atom is -0.497 e. The highest BCUT2D eigenvalue weighted by Gasteiger charge is 2.19. The predicted molar refractivity (Wildman–Crippen MR) is 90.7 cm³/mol. The average molecular weight is 340 g/mol. The fraction of sp³-hybridized carbons (Fsp3) is 0.222. The summed E-state index contributed by atoms with van der Waals surface area (Å²) in [6.07, 6.45) is 1.53. The topological polar surface area (TPSA) is 91.0 Å². The predicted octanol–water partition coefficient (Wildman–Crippen LogP) is 3.04. The maximum Gasteiger partial charge on any atom is 0.339 e. The Kier molecular flexibility index (Phi) is 4.74. The summed E-state index contributed by atoms with van der Waals surface area (Å²) in [6, 6.07) is 11.5. The molecular formula is C18H16N2O5. The van der Waals surface area contributed by atoms with Crippen molar-refractivity contribution in [3.05, 3.63) is 69.3 Å². The van der Waals surface area contributed by atoms with E-state index in [1.54, 1.807) is 7.11 Å². The molecule has 7 heteroatoms. The van der Waals surface area contributed by atoms with Gasteiger partial charge in [0.25, 0.3) is 5.69 Å². The lowest BCUT2D eigenvalue weighted by Crippen LogP contribution is -2.06. The summed E-state index contributed by atoms with van der Waals surface area (Å²) in [5.41, 5.74) is 3.42. The molecule has 7 nitrogen and oxygen atoms in total. The molecule has 0 amide bonds. The van der Waals surface area contributed by atoms with Crippen LogP contribution in [0.15, 0.2) is 47.6 Å². The Bertz CT molecular complexity index is 843.